The van der Waals surface area contributed by atoms with Gasteiger partial charge in [-0.2, -0.15) is 5.10 Å². The highest BCUT2D eigenvalue weighted by atomic mass is 79.9. The minimum absolute atomic E-state index is 0.444. The van der Waals surface area contributed by atoms with Crippen LogP contribution < -0.4 is 5.32 Å². The van der Waals surface area contributed by atoms with Crippen LogP contribution in [0.3, 0.4) is 0 Å². The van der Waals surface area contributed by atoms with E-state index in [1.807, 2.05) is 6.20 Å². The highest BCUT2D eigenvalue weighted by molar-refractivity contribution is 9.10. The van der Waals surface area contributed by atoms with Gasteiger partial charge in [-0.15, -0.1) is 0 Å². The molecule has 1 atom stereocenters. The van der Waals surface area contributed by atoms with E-state index in [1.54, 1.807) is 0 Å². The van der Waals surface area contributed by atoms with Crippen LogP contribution in [0.1, 0.15) is 44.3 Å². The van der Waals surface area contributed by atoms with Gasteiger partial charge in [-0.25, -0.2) is 0 Å². The van der Waals surface area contributed by atoms with Crippen molar-refractivity contribution in [3.63, 3.8) is 0 Å². The molecule has 0 aliphatic heterocycles. The molecule has 0 radical (unpaired) electrons. The first-order valence-electron chi connectivity index (χ1n) is 6.16. The van der Waals surface area contributed by atoms with Crippen molar-refractivity contribution >= 4 is 15.9 Å². The predicted octanol–water partition coefficient (Wildman–Crippen LogP) is 3.12. The second kappa shape index (κ2) is 5.32. The van der Waals surface area contributed by atoms with E-state index in [4.69, 9.17) is 0 Å². The highest BCUT2D eigenvalue weighted by Crippen LogP contribution is 2.37. The van der Waals surface area contributed by atoms with Crippen LogP contribution in [0.15, 0.2) is 10.7 Å². The molecule has 1 heterocycles. The van der Waals surface area contributed by atoms with E-state index in [0.717, 1.165) is 16.9 Å². The van der Waals surface area contributed by atoms with Gasteiger partial charge in [-0.05, 0) is 48.7 Å². The fourth-order valence-electron chi connectivity index (χ4n) is 2.82. The molecule has 4 heteroatoms. The van der Waals surface area contributed by atoms with Crippen molar-refractivity contribution in [2.45, 2.75) is 45.2 Å². The number of halogens is 1. The van der Waals surface area contributed by atoms with Gasteiger partial charge in [0, 0.05) is 6.54 Å². The molecule has 0 saturated heterocycles. The molecule has 1 aromatic rings. The van der Waals surface area contributed by atoms with Crippen molar-refractivity contribution in [3.8, 4) is 0 Å². The summed E-state index contributed by atoms with van der Waals surface area (Å²) < 4.78 is 3.24. The molecule has 16 heavy (non-hydrogen) atoms. The van der Waals surface area contributed by atoms with Crippen molar-refractivity contribution in [3.05, 3.63) is 16.4 Å². The summed E-state index contributed by atoms with van der Waals surface area (Å²) in [6.07, 6.45) is 7.35. The molecule has 0 spiro atoms. The fourth-order valence-corrected chi connectivity index (χ4v) is 3.36. The zero-order valence-electron chi connectivity index (χ0n) is 10.0. The zero-order valence-corrected chi connectivity index (χ0v) is 11.6. The predicted molar refractivity (Wildman–Crippen MR) is 69.4 cm³/mol. The van der Waals surface area contributed by atoms with Crippen LogP contribution in [-0.2, 0) is 6.54 Å². The second-order valence-electron chi connectivity index (χ2n) is 4.50. The molecule has 1 aromatic heterocycles. The fraction of sp³-hybridized carbons (Fsp3) is 0.750. The molecule has 90 valence electrons. The van der Waals surface area contributed by atoms with Crippen LogP contribution in [0, 0.1) is 5.92 Å². The van der Waals surface area contributed by atoms with E-state index in [9.17, 15) is 0 Å². The monoisotopic (exact) mass is 285 g/mol. The Morgan fingerprint density at radius 3 is 2.81 bits per heavy atom. The molecule has 1 aliphatic rings. The van der Waals surface area contributed by atoms with Gasteiger partial charge in [-0.1, -0.05) is 12.8 Å². The van der Waals surface area contributed by atoms with Crippen molar-refractivity contribution in [1.82, 2.24) is 15.1 Å². The first-order chi connectivity index (χ1) is 7.77. The lowest BCUT2D eigenvalue weighted by atomic mass is 9.95. The minimum Gasteiger partial charge on any atom is -0.311 e. The van der Waals surface area contributed by atoms with Crippen LogP contribution in [0.25, 0.3) is 0 Å². The van der Waals surface area contributed by atoms with Gasteiger partial charge in [0.05, 0.1) is 22.4 Å². The summed E-state index contributed by atoms with van der Waals surface area (Å²) in [4.78, 5) is 0. The summed E-state index contributed by atoms with van der Waals surface area (Å²) in [7, 11) is 2.06. The van der Waals surface area contributed by atoms with Crippen LogP contribution in [-0.4, -0.2) is 16.8 Å². The number of hydrogen-bond acceptors (Lipinski definition) is 2. The van der Waals surface area contributed by atoms with E-state index in [-0.39, 0.29) is 0 Å². The summed E-state index contributed by atoms with van der Waals surface area (Å²) in [6.45, 7) is 3.08. The molecule has 0 amide bonds. The average Bonchev–Trinajstić information content (AvgIpc) is 2.91. The molecule has 1 saturated carbocycles. The normalized spacial score (nSPS) is 19.2. The summed E-state index contributed by atoms with van der Waals surface area (Å²) >= 11 is 3.62. The molecular weight excluding hydrogens is 266 g/mol. The lowest BCUT2D eigenvalue weighted by molar-refractivity contribution is 0.365. The van der Waals surface area contributed by atoms with E-state index in [2.05, 4.69) is 45.0 Å². The Labute approximate surface area is 106 Å². The first-order valence-corrected chi connectivity index (χ1v) is 6.95. The molecule has 0 aromatic carbocycles. The van der Waals surface area contributed by atoms with Crippen molar-refractivity contribution < 1.29 is 0 Å². The van der Waals surface area contributed by atoms with Crippen molar-refractivity contribution in [2.24, 2.45) is 5.92 Å². The number of rotatable bonds is 4. The van der Waals surface area contributed by atoms with Gasteiger partial charge in [0.1, 0.15) is 0 Å². The van der Waals surface area contributed by atoms with Crippen LogP contribution in [0.5, 0.6) is 0 Å². The van der Waals surface area contributed by atoms with Crippen molar-refractivity contribution in [1.29, 1.82) is 0 Å². The van der Waals surface area contributed by atoms with Gasteiger partial charge in [0.25, 0.3) is 0 Å². The van der Waals surface area contributed by atoms with Crippen LogP contribution in [0.4, 0.5) is 0 Å². The molecule has 1 aliphatic carbocycles. The molecule has 0 bridgehead atoms. The van der Waals surface area contributed by atoms with Crippen LogP contribution >= 0.6 is 15.9 Å². The lowest BCUT2D eigenvalue weighted by Gasteiger charge is -2.24. The summed E-state index contributed by atoms with van der Waals surface area (Å²) in [5, 5.41) is 7.88. The molecule has 1 unspecified atom stereocenters. The Balaban J connectivity index is 2.27. The van der Waals surface area contributed by atoms with E-state index < -0.39 is 0 Å². The largest absolute Gasteiger partial charge is 0.311 e. The lowest BCUT2D eigenvalue weighted by Crippen LogP contribution is -2.26. The molecule has 1 N–H and O–H groups in total. The quantitative estimate of drug-likeness (QED) is 0.921. The maximum Gasteiger partial charge on any atom is 0.0698 e. The van der Waals surface area contributed by atoms with Crippen molar-refractivity contribution in [2.75, 3.05) is 7.05 Å². The molecular formula is C12H20BrN3. The second-order valence-corrected chi connectivity index (χ2v) is 5.36. The number of aromatic nitrogens is 2. The average molecular weight is 286 g/mol. The van der Waals surface area contributed by atoms with Gasteiger partial charge >= 0.3 is 0 Å². The third-order valence-electron chi connectivity index (χ3n) is 3.61. The standard InChI is InChI=1S/C12H20BrN3/c1-3-16-12(10(13)8-15-16)11(14-2)9-6-4-5-7-9/h8-9,11,14H,3-7H2,1-2H3. The summed E-state index contributed by atoms with van der Waals surface area (Å²) in [5.41, 5.74) is 1.32. The molecule has 1 fully saturated rings. The molecule has 3 nitrogen and oxygen atoms in total. The third kappa shape index (κ3) is 2.18. The van der Waals surface area contributed by atoms with Gasteiger partial charge < -0.3 is 5.32 Å². The van der Waals surface area contributed by atoms with Gasteiger partial charge in [0.2, 0.25) is 0 Å². The Hall–Kier alpha value is -0.350. The van der Waals surface area contributed by atoms with E-state index in [1.165, 1.54) is 31.4 Å². The van der Waals surface area contributed by atoms with E-state index in [0.29, 0.717) is 6.04 Å². The van der Waals surface area contributed by atoms with E-state index >= 15 is 0 Å². The Morgan fingerprint density at radius 1 is 1.56 bits per heavy atom. The summed E-state index contributed by atoms with van der Waals surface area (Å²) in [5.74, 6) is 0.767. The number of nitrogens with one attached hydrogen (secondary N) is 1. The Bertz CT molecular complexity index is 342. The SMILES string of the molecule is CCn1ncc(Br)c1C(NC)C1CCCC1. The first kappa shape index (κ1) is 12.1. The molecule has 2 rings (SSSR count). The Morgan fingerprint density at radius 2 is 2.25 bits per heavy atom. The summed E-state index contributed by atoms with van der Waals surface area (Å²) in [6, 6.07) is 0.444. The van der Waals surface area contributed by atoms with Crippen LogP contribution in [0.2, 0.25) is 0 Å². The zero-order chi connectivity index (χ0) is 11.5. The number of nitrogens with zero attached hydrogens (tertiary/aromatic N) is 2. The smallest absolute Gasteiger partial charge is 0.0698 e. The third-order valence-corrected chi connectivity index (χ3v) is 4.22. The number of hydrogen-bond donors (Lipinski definition) is 1. The van der Waals surface area contributed by atoms with Gasteiger partial charge in [-0.3, -0.25) is 4.68 Å². The maximum atomic E-state index is 4.40. The maximum absolute atomic E-state index is 4.40. The Kier molecular flexibility index (Phi) is 4.03. The number of aryl methyl sites for hydroxylation is 1. The topological polar surface area (TPSA) is 29.9 Å². The van der Waals surface area contributed by atoms with Gasteiger partial charge in [0.15, 0.2) is 0 Å². The minimum atomic E-state index is 0.444. The highest BCUT2D eigenvalue weighted by Gasteiger charge is 2.28.